The Morgan fingerprint density at radius 2 is 1.56 bits per heavy atom. The number of hydrogen-bond donors (Lipinski definition) is 3. The van der Waals surface area contributed by atoms with E-state index in [1.165, 1.54) is 0 Å². The van der Waals surface area contributed by atoms with Gasteiger partial charge in [0.05, 0.1) is 5.69 Å². The van der Waals surface area contributed by atoms with E-state index >= 15 is 0 Å². The monoisotopic (exact) mass is 435 g/mol. The molecule has 0 bridgehead atoms. The number of carbonyl (C=O) groups excluding carboxylic acids is 2. The molecule has 0 saturated heterocycles. The van der Waals surface area contributed by atoms with Crippen LogP contribution in [0.2, 0.25) is 0 Å². The van der Waals surface area contributed by atoms with Crippen molar-refractivity contribution in [2.45, 2.75) is 33.1 Å². The predicted molar refractivity (Wildman–Crippen MR) is 126 cm³/mol. The number of amides is 3. The topological polar surface area (TPSA) is 97.3 Å². The second kappa shape index (κ2) is 9.55. The maximum atomic E-state index is 12.4. The van der Waals surface area contributed by atoms with Gasteiger partial charge in [0.2, 0.25) is 0 Å². The Morgan fingerprint density at radius 3 is 2.09 bits per heavy atom. The van der Waals surface area contributed by atoms with Gasteiger partial charge in [-0.25, -0.2) is 4.79 Å². The largest absolute Gasteiger partial charge is 0.457 e. The van der Waals surface area contributed by atoms with E-state index in [0.717, 1.165) is 5.69 Å². The summed E-state index contributed by atoms with van der Waals surface area (Å²) in [5.41, 5.74) is 2.00. The van der Waals surface area contributed by atoms with Gasteiger partial charge in [0.25, 0.3) is 5.91 Å². The molecule has 0 atom stereocenters. The van der Waals surface area contributed by atoms with Gasteiger partial charge in [0.1, 0.15) is 17.3 Å². The molecular weight excluding hydrogens is 406 g/mol. The number of nitrogens with zero attached hydrogens (tertiary/aromatic N) is 2. The van der Waals surface area contributed by atoms with E-state index in [0.29, 0.717) is 35.1 Å². The van der Waals surface area contributed by atoms with Crippen LogP contribution in [-0.4, -0.2) is 28.3 Å². The van der Waals surface area contributed by atoms with E-state index in [1.54, 1.807) is 60.3 Å². The number of benzene rings is 2. The molecule has 168 valence electrons. The van der Waals surface area contributed by atoms with Crippen LogP contribution in [0.1, 0.15) is 43.7 Å². The van der Waals surface area contributed by atoms with Crippen LogP contribution in [0.3, 0.4) is 0 Å². The van der Waals surface area contributed by atoms with Crippen molar-refractivity contribution < 1.29 is 14.3 Å². The SMILES string of the molecule is CCNC(=O)c1ccc(Oc2ccc(NC(=O)Nc3cc(C(C)(C)C)nn3C)cc2)cc1. The van der Waals surface area contributed by atoms with Crippen molar-refractivity contribution >= 4 is 23.4 Å². The maximum Gasteiger partial charge on any atom is 0.324 e. The summed E-state index contributed by atoms with van der Waals surface area (Å²) in [6.07, 6.45) is 0. The van der Waals surface area contributed by atoms with Crippen LogP contribution < -0.4 is 20.7 Å². The average Bonchev–Trinajstić information content (AvgIpc) is 3.11. The Morgan fingerprint density at radius 1 is 0.969 bits per heavy atom. The average molecular weight is 436 g/mol. The molecule has 0 saturated carbocycles. The van der Waals surface area contributed by atoms with Gasteiger partial charge in [0.15, 0.2) is 0 Å². The number of hydrogen-bond acceptors (Lipinski definition) is 4. The van der Waals surface area contributed by atoms with E-state index in [1.807, 2.05) is 13.0 Å². The molecule has 0 radical (unpaired) electrons. The lowest BCUT2D eigenvalue weighted by atomic mass is 9.92. The van der Waals surface area contributed by atoms with Crippen LogP contribution in [0.15, 0.2) is 54.6 Å². The number of urea groups is 1. The summed E-state index contributed by atoms with van der Waals surface area (Å²) in [4.78, 5) is 24.2. The van der Waals surface area contributed by atoms with Crippen molar-refractivity contribution in [1.29, 1.82) is 0 Å². The van der Waals surface area contributed by atoms with Gasteiger partial charge in [-0.3, -0.25) is 14.8 Å². The lowest BCUT2D eigenvalue weighted by Gasteiger charge is -2.13. The van der Waals surface area contributed by atoms with Gasteiger partial charge in [-0.15, -0.1) is 0 Å². The summed E-state index contributed by atoms with van der Waals surface area (Å²) in [6, 6.07) is 15.4. The molecule has 0 fully saturated rings. The Balaban J connectivity index is 1.57. The quantitative estimate of drug-likeness (QED) is 0.513. The standard InChI is InChI=1S/C24H29N5O3/c1-6-25-22(30)16-7-11-18(12-8-16)32-19-13-9-17(10-14-19)26-23(31)27-21-15-20(24(2,3)4)28-29(21)5/h7-15H,6H2,1-5H3,(H,25,30)(H2,26,27,31). The first-order valence-electron chi connectivity index (χ1n) is 10.4. The number of carbonyl (C=O) groups is 2. The van der Waals surface area contributed by atoms with Gasteiger partial charge in [-0.1, -0.05) is 20.8 Å². The predicted octanol–water partition coefficient (Wildman–Crippen LogP) is 4.90. The summed E-state index contributed by atoms with van der Waals surface area (Å²) in [5, 5.41) is 12.8. The number of aromatic nitrogens is 2. The zero-order valence-electron chi connectivity index (χ0n) is 19.0. The summed E-state index contributed by atoms with van der Waals surface area (Å²) >= 11 is 0. The van der Waals surface area contributed by atoms with E-state index in [4.69, 9.17) is 4.74 Å². The molecule has 3 aromatic rings. The minimum Gasteiger partial charge on any atom is -0.457 e. The van der Waals surface area contributed by atoms with E-state index < -0.39 is 0 Å². The van der Waals surface area contributed by atoms with Gasteiger partial charge in [-0.2, -0.15) is 5.10 Å². The van der Waals surface area contributed by atoms with Crippen LogP contribution in [-0.2, 0) is 12.5 Å². The third kappa shape index (κ3) is 5.87. The summed E-state index contributed by atoms with van der Waals surface area (Å²) < 4.78 is 7.45. The van der Waals surface area contributed by atoms with Crippen molar-refractivity contribution in [3.63, 3.8) is 0 Å². The molecule has 0 aliphatic rings. The smallest absolute Gasteiger partial charge is 0.324 e. The molecule has 2 aromatic carbocycles. The Bertz CT molecular complexity index is 1080. The molecule has 3 rings (SSSR count). The van der Waals surface area contributed by atoms with Crippen molar-refractivity contribution in [3.05, 3.63) is 65.9 Å². The normalized spacial score (nSPS) is 11.0. The van der Waals surface area contributed by atoms with Crippen molar-refractivity contribution in [2.75, 3.05) is 17.2 Å². The van der Waals surface area contributed by atoms with Crippen LogP contribution in [0.4, 0.5) is 16.3 Å². The molecule has 0 spiro atoms. The molecular formula is C24H29N5O3. The fourth-order valence-electron chi connectivity index (χ4n) is 2.91. The van der Waals surface area contributed by atoms with Gasteiger partial charge in [-0.05, 0) is 55.5 Å². The Hall–Kier alpha value is -3.81. The fraction of sp³-hybridized carbons (Fsp3) is 0.292. The zero-order chi connectivity index (χ0) is 23.3. The number of ether oxygens (including phenoxy) is 1. The summed E-state index contributed by atoms with van der Waals surface area (Å²) in [6.45, 7) is 8.66. The van der Waals surface area contributed by atoms with Crippen molar-refractivity contribution in [2.24, 2.45) is 7.05 Å². The highest BCUT2D eigenvalue weighted by Gasteiger charge is 2.19. The van der Waals surface area contributed by atoms with Crippen molar-refractivity contribution in [3.8, 4) is 11.5 Å². The lowest BCUT2D eigenvalue weighted by Crippen LogP contribution is -2.22. The molecule has 8 heteroatoms. The molecule has 1 aromatic heterocycles. The van der Waals surface area contributed by atoms with E-state index in [-0.39, 0.29) is 17.4 Å². The molecule has 3 N–H and O–H groups in total. The summed E-state index contributed by atoms with van der Waals surface area (Å²) in [7, 11) is 1.79. The van der Waals surface area contributed by atoms with E-state index in [2.05, 4.69) is 41.8 Å². The first kappa shape index (κ1) is 22.9. The van der Waals surface area contributed by atoms with Crippen LogP contribution >= 0.6 is 0 Å². The van der Waals surface area contributed by atoms with Gasteiger partial charge < -0.3 is 15.4 Å². The van der Waals surface area contributed by atoms with E-state index in [9.17, 15) is 9.59 Å². The third-order valence-corrected chi connectivity index (χ3v) is 4.69. The Labute approximate surface area is 188 Å². The van der Waals surface area contributed by atoms with Crippen LogP contribution in [0, 0.1) is 0 Å². The highest BCUT2D eigenvalue weighted by molar-refractivity contribution is 5.99. The molecule has 1 heterocycles. The first-order valence-corrected chi connectivity index (χ1v) is 10.4. The van der Waals surface area contributed by atoms with Gasteiger partial charge >= 0.3 is 6.03 Å². The fourth-order valence-corrected chi connectivity index (χ4v) is 2.91. The minimum atomic E-state index is -0.358. The first-order chi connectivity index (χ1) is 15.2. The molecule has 32 heavy (non-hydrogen) atoms. The van der Waals surface area contributed by atoms with Crippen LogP contribution in [0.5, 0.6) is 11.5 Å². The zero-order valence-corrected chi connectivity index (χ0v) is 19.0. The molecule has 8 nitrogen and oxygen atoms in total. The highest BCUT2D eigenvalue weighted by atomic mass is 16.5. The minimum absolute atomic E-state index is 0.105. The maximum absolute atomic E-state index is 12.4. The molecule has 0 aliphatic carbocycles. The van der Waals surface area contributed by atoms with Crippen molar-refractivity contribution in [1.82, 2.24) is 15.1 Å². The van der Waals surface area contributed by atoms with Gasteiger partial charge in [0, 0.05) is 36.3 Å². The summed E-state index contributed by atoms with van der Waals surface area (Å²) in [5.74, 6) is 1.72. The second-order valence-electron chi connectivity index (χ2n) is 8.38. The number of anilines is 2. The second-order valence-corrected chi connectivity index (χ2v) is 8.38. The molecule has 0 unspecified atom stereocenters. The molecule has 0 aliphatic heterocycles. The molecule has 3 amide bonds. The lowest BCUT2D eigenvalue weighted by molar-refractivity contribution is 0.0956. The Kier molecular flexibility index (Phi) is 6.82. The highest BCUT2D eigenvalue weighted by Crippen LogP contribution is 2.25. The number of rotatable bonds is 6. The van der Waals surface area contributed by atoms with Crippen LogP contribution in [0.25, 0.3) is 0 Å². The number of nitrogens with one attached hydrogen (secondary N) is 3. The number of aryl methyl sites for hydroxylation is 1. The third-order valence-electron chi connectivity index (χ3n) is 4.69.